The molecule has 15 heavy (non-hydrogen) atoms. The van der Waals surface area contributed by atoms with Gasteiger partial charge in [-0.1, -0.05) is 6.42 Å². The lowest BCUT2D eigenvalue weighted by atomic mass is 10.1. The van der Waals surface area contributed by atoms with E-state index < -0.39 is 0 Å². The lowest BCUT2D eigenvalue weighted by Gasteiger charge is -2.31. The molecule has 1 unspecified atom stereocenters. The Kier molecular flexibility index (Phi) is 6.22. The molecule has 90 valence electrons. The SMILES string of the molecule is CC(N)CCCCN(C)C1CCOCC1. The minimum Gasteiger partial charge on any atom is -0.381 e. The van der Waals surface area contributed by atoms with Gasteiger partial charge in [0.25, 0.3) is 0 Å². The van der Waals surface area contributed by atoms with Crippen LogP contribution in [0.15, 0.2) is 0 Å². The molecule has 0 aromatic carbocycles. The van der Waals surface area contributed by atoms with Crippen molar-refractivity contribution < 1.29 is 4.74 Å². The van der Waals surface area contributed by atoms with E-state index in [1.54, 1.807) is 0 Å². The Morgan fingerprint density at radius 3 is 2.60 bits per heavy atom. The average molecular weight is 214 g/mol. The third-order valence-electron chi connectivity index (χ3n) is 3.23. The predicted octanol–water partition coefficient (Wildman–Crippen LogP) is 1.61. The van der Waals surface area contributed by atoms with Gasteiger partial charge in [-0.25, -0.2) is 0 Å². The van der Waals surface area contributed by atoms with Crippen LogP contribution in [0.2, 0.25) is 0 Å². The highest BCUT2D eigenvalue weighted by atomic mass is 16.5. The third kappa shape index (κ3) is 5.50. The first-order valence-corrected chi connectivity index (χ1v) is 6.23. The first-order valence-electron chi connectivity index (χ1n) is 6.23. The molecule has 0 aromatic rings. The summed E-state index contributed by atoms with van der Waals surface area (Å²) in [6, 6.07) is 1.10. The normalized spacial score (nSPS) is 20.8. The molecule has 0 aliphatic carbocycles. The van der Waals surface area contributed by atoms with Crippen molar-refractivity contribution >= 4 is 0 Å². The number of nitrogens with two attached hydrogens (primary N) is 1. The zero-order valence-corrected chi connectivity index (χ0v) is 10.2. The largest absolute Gasteiger partial charge is 0.381 e. The summed E-state index contributed by atoms with van der Waals surface area (Å²) in [5, 5.41) is 0. The molecule has 0 aromatic heterocycles. The van der Waals surface area contributed by atoms with Crippen LogP contribution in [0.4, 0.5) is 0 Å². The summed E-state index contributed by atoms with van der Waals surface area (Å²) in [5.74, 6) is 0. The van der Waals surface area contributed by atoms with Gasteiger partial charge in [0.05, 0.1) is 0 Å². The molecule has 0 spiro atoms. The van der Waals surface area contributed by atoms with Gasteiger partial charge >= 0.3 is 0 Å². The van der Waals surface area contributed by atoms with E-state index in [0.717, 1.165) is 25.7 Å². The lowest BCUT2D eigenvalue weighted by molar-refractivity contribution is 0.0426. The van der Waals surface area contributed by atoms with Crippen LogP contribution in [-0.4, -0.2) is 43.8 Å². The van der Waals surface area contributed by atoms with E-state index in [1.165, 1.54) is 32.2 Å². The third-order valence-corrected chi connectivity index (χ3v) is 3.23. The standard InChI is InChI=1S/C12H26N2O/c1-11(13)5-3-4-8-14(2)12-6-9-15-10-7-12/h11-12H,3-10,13H2,1-2H3. The number of hydrogen-bond donors (Lipinski definition) is 1. The summed E-state index contributed by atoms with van der Waals surface area (Å²) in [6.07, 6.45) is 6.08. The Morgan fingerprint density at radius 1 is 1.33 bits per heavy atom. The highest BCUT2D eigenvalue weighted by Gasteiger charge is 2.17. The summed E-state index contributed by atoms with van der Waals surface area (Å²) in [5.41, 5.74) is 5.72. The maximum Gasteiger partial charge on any atom is 0.0480 e. The smallest absolute Gasteiger partial charge is 0.0480 e. The Labute approximate surface area is 94.0 Å². The molecule has 2 N–H and O–H groups in total. The van der Waals surface area contributed by atoms with Gasteiger partial charge in [0.2, 0.25) is 0 Å². The predicted molar refractivity (Wildman–Crippen MR) is 64.0 cm³/mol. The number of ether oxygens (including phenoxy) is 1. The van der Waals surface area contributed by atoms with Gasteiger partial charge in [0.15, 0.2) is 0 Å². The maximum atomic E-state index is 5.72. The number of hydrogen-bond acceptors (Lipinski definition) is 3. The molecule has 1 rings (SSSR count). The second-order valence-electron chi connectivity index (χ2n) is 4.80. The fraction of sp³-hybridized carbons (Fsp3) is 1.00. The van der Waals surface area contributed by atoms with Crippen LogP contribution in [0.3, 0.4) is 0 Å². The fourth-order valence-corrected chi connectivity index (χ4v) is 2.14. The van der Waals surface area contributed by atoms with Crippen molar-refractivity contribution in [1.29, 1.82) is 0 Å². The molecular weight excluding hydrogens is 188 g/mol. The number of nitrogens with zero attached hydrogens (tertiary/aromatic N) is 1. The topological polar surface area (TPSA) is 38.5 Å². The highest BCUT2D eigenvalue weighted by Crippen LogP contribution is 2.13. The first-order chi connectivity index (χ1) is 7.20. The molecule has 0 saturated carbocycles. The van der Waals surface area contributed by atoms with Gasteiger partial charge in [-0.15, -0.1) is 0 Å². The highest BCUT2D eigenvalue weighted by molar-refractivity contribution is 4.71. The molecule has 3 nitrogen and oxygen atoms in total. The zero-order valence-electron chi connectivity index (χ0n) is 10.2. The van der Waals surface area contributed by atoms with Crippen molar-refractivity contribution in [2.75, 3.05) is 26.8 Å². The van der Waals surface area contributed by atoms with Gasteiger partial charge in [0.1, 0.15) is 0 Å². The van der Waals surface area contributed by atoms with Gasteiger partial charge in [-0.05, 0) is 46.2 Å². The summed E-state index contributed by atoms with van der Waals surface area (Å²) in [4.78, 5) is 2.49. The number of unbranched alkanes of at least 4 members (excludes halogenated alkanes) is 1. The fourth-order valence-electron chi connectivity index (χ4n) is 2.14. The van der Waals surface area contributed by atoms with Gasteiger partial charge in [-0.2, -0.15) is 0 Å². The van der Waals surface area contributed by atoms with Crippen LogP contribution in [0.25, 0.3) is 0 Å². The molecule has 1 saturated heterocycles. The average Bonchev–Trinajstić information content (AvgIpc) is 2.25. The maximum absolute atomic E-state index is 5.72. The second-order valence-corrected chi connectivity index (χ2v) is 4.80. The van der Waals surface area contributed by atoms with Crippen molar-refractivity contribution in [2.24, 2.45) is 5.73 Å². The van der Waals surface area contributed by atoms with Crippen molar-refractivity contribution in [2.45, 2.75) is 51.1 Å². The minimum atomic E-state index is 0.360. The van der Waals surface area contributed by atoms with E-state index in [4.69, 9.17) is 10.5 Å². The van der Waals surface area contributed by atoms with E-state index in [9.17, 15) is 0 Å². The van der Waals surface area contributed by atoms with E-state index in [1.807, 2.05) is 0 Å². The summed E-state index contributed by atoms with van der Waals surface area (Å²) in [7, 11) is 2.24. The summed E-state index contributed by atoms with van der Waals surface area (Å²) >= 11 is 0. The molecule has 0 radical (unpaired) electrons. The van der Waals surface area contributed by atoms with Gasteiger partial charge in [-0.3, -0.25) is 0 Å². The van der Waals surface area contributed by atoms with Crippen LogP contribution in [0.5, 0.6) is 0 Å². The van der Waals surface area contributed by atoms with E-state index >= 15 is 0 Å². The minimum absolute atomic E-state index is 0.360. The Hall–Kier alpha value is -0.120. The van der Waals surface area contributed by atoms with Crippen LogP contribution in [0, 0.1) is 0 Å². The molecule has 3 heteroatoms. The molecule has 1 aliphatic heterocycles. The molecular formula is C12H26N2O. The monoisotopic (exact) mass is 214 g/mol. The first kappa shape index (κ1) is 12.9. The zero-order chi connectivity index (χ0) is 11.1. The molecule has 1 atom stereocenters. The van der Waals surface area contributed by atoms with E-state index in [0.29, 0.717) is 6.04 Å². The molecule has 0 amide bonds. The van der Waals surface area contributed by atoms with Crippen molar-refractivity contribution in [3.05, 3.63) is 0 Å². The van der Waals surface area contributed by atoms with Gasteiger partial charge in [0, 0.05) is 25.3 Å². The van der Waals surface area contributed by atoms with Gasteiger partial charge < -0.3 is 15.4 Å². The van der Waals surface area contributed by atoms with Crippen molar-refractivity contribution in [3.8, 4) is 0 Å². The summed E-state index contributed by atoms with van der Waals surface area (Å²) < 4.78 is 5.36. The van der Waals surface area contributed by atoms with E-state index in [-0.39, 0.29) is 0 Å². The second kappa shape index (κ2) is 7.20. The van der Waals surface area contributed by atoms with Crippen LogP contribution < -0.4 is 5.73 Å². The Balaban J connectivity index is 2.04. The van der Waals surface area contributed by atoms with Crippen LogP contribution in [0.1, 0.15) is 39.0 Å². The molecule has 1 fully saturated rings. The number of rotatable bonds is 6. The molecule has 0 bridgehead atoms. The van der Waals surface area contributed by atoms with Crippen molar-refractivity contribution in [1.82, 2.24) is 4.90 Å². The van der Waals surface area contributed by atoms with Crippen molar-refractivity contribution in [3.63, 3.8) is 0 Å². The van der Waals surface area contributed by atoms with Crippen LogP contribution >= 0.6 is 0 Å². The van der Waals surface area contributed by atoms with Crippen LogP contribution in [-0.2, 0) is 4.74 Å². The Bertz CT molecular complexity index is 156. The summed E-state index contributed by atoms with van der Waals surface area (Å²) in [6.45, 7) is 5.17. The Morgan fingerprint density at radius 2 is 2.00 bits per heavy atom. The molecule has 1 heterocycles. The quantitative estimate of drug-likeness (QED) is 0.683. The van der Waals surface area contributed by atoms with E-state index in [2.05, 4.69) is 18.9 Å². The molecule has 1 aliphatic rings. The lowest BCUT2D eigenvalue weighted by Crippen LogP contribution is -2.37.